The van der Waals surface area contributed by atoms with Crippen molar-refractivity contribution in [3.8, 4) is 11.5 Å². The van der Waals surface area contributed by atoms with E-state index in [1.54, 1.807) is 0 Å². The Morgan fingerprint density at radius 1 is 1.28 bits per heavy atom. The Balaban J connectivity index is 0.000000360. The lowest BCUT2D eigenvalue weighted by molar-refractivity contribution is -0.192. The van der Waals surface area contributed by atoms with Gasteiger partial charge in [-0.2, -0.15) is 13.2 Å². The number of alkyl halides is 3. The lowest BCUT2D eigenvalue weighted by Crippen LogP contribution is -2.57. The maximum atomic E-state index is 12.9. The van der Waals surface area contributed by atoms with E-state index < -0.39 is 17.6 Å². The smallest absolute Gasteiger partial charge is 0.475 e. The molecule has 1 aromatic carbocycles. The summed E-state index contributed by atoms with van der Waals surface area (Å²) in [6.45, 7) is 7.47. The third kappa shape index (κ3) is 5.44. The number of halogens is 3. The molecule has 0 unspecified atom stereocenters. The van der Waals surface area contributed by atoms with Gasteiger partial charge in [0.05, 0.1) is 11.5 Å². The number of piperidine rings is 1. The van der Waals surface area contributed by atoms with Crippen LogP contribution in [0.25, 0.3) is 0 Å². The Morgan fingerprint density at radius 3 is 2.62 bits per heavy atom. The van der Waals surface area contributed by atoms with Gasteiger partial charge in [0.15, 0.2) is 11.5 Å². The number of carboxylic acid groups (broad SMARTS) is 1. The van der Waals surface area contributed by atoms with Crippen LogP contribution in [-0.2, 0) is 20.9 Å². The SMILES string of the molecule is CC(C)NC(=O)[C@@]12CCO[C@@H]1CCN(Cc1ccc3c(c1)OCO3)C2.O=C(O)C(F)(F)F. The Hall–Kier alpha value is -2.53. The number of fused-ring (bicyclic) bond motifs is 2. The van der Waals surface area contributed by atoms with E-state index in [1.807, 2.05) is 26.0 Å². The normalized spacial score (nSPS) is 24.5. The van der Waals surface area contributed by atoms with Crippen LogP contribution in [0.2, 0.25) is 0 Å². The van der Waals surface area contributed by atoms with Gasteiger partial charge in [0.1, 0.15) is 0 Å². The zero-order valence-electron chi connectivity index (χ0n) is 17.9. The molecule has 1 aromatic rings. The molecular formula is C21H27F3N2O6. The summed E-state index contributed by atoms with van der Waals surface area (Å²) in [5, 5.41) is 10.2. The van der Waals surface area contributed by atoms with Crippen LogP contribution in [0, 0.1) is 5.41 Å². The topological polar surface area (TPSA) is 97.3 Å². The fourth-order valence-corrected chi connectivity index (χ4v) is 4.19. The van der Waals surface area contributed by atoms with Crippen molar-refractivity contribution in [2.24, 2.45) is 5.41 Å². The quantitative estimate of drug-likeness (QED) is 0.713. The predicted molar refractivity (Wildman–Crippen MR) is 106 cm³/mol. The number of hydrogen-bond acceptors (Lipinski definition) is 6. The number of ether oxygens (including phenoxy) is 3. The van der Waals surface area contributed by atoms with E-state index in [4.69, 9.17) is 24.1 Å². The molecule has 2 N–H and O–H groups in total. The van der Waals surface area contributed by atoms with Crippen molar-refractivity contribution >= 4 is 11.9 Å². The molecule has 0 radical (unpaired) electrons. The highest BCUT2D eigenvalue weighted by Crippen LogP contribution is 2.42. The minimum atomic E-state index is -5.08. The molecule has 3 heterocycles. The number of carbonyl (C=O) groups is 2. The summed E-state index contributed by atoms with van der Waals surface area (Å²) in [7, 11) is 0. The molecule has 2 saturated heterocycles. The number of hydrogen-bond donors (Lipinski definition) is 2. The van der Waals surface area contributed by atoms with E-state index in [0.717, 1.165) is 44.0 Å². The molecule has 178 valence electrons. The van der Waals surface area contributed by atoms with Crippen molar-refractivity contribution in [2.75, 3.05) is 26.5 Å². The minimum absolute atomic E-state index is 0.0410. The average Bonchev–Trinajstić information content (AvgIpc) is 3.33. The first-order valence-electron chi connectivity index (χ1n) is 10.3. The number of carboxylic acids is 1. The van der Waals surface area contributed by atoms with Crippen LogP contribution in [-0.4, -0.2) is 66.7 Å². The molecule has 11 heteroatoms. The van der Waals surface area contributed by atoms with Crippen molar-refractivity contribution in [2.45, 2.75) is 51.6 Å². The van der Waals surface area contributed by atoms with E-state index in [1.165, 1.54) is 5.56 Å². The summed E-state index contributed by atoms with van der Waals surface area (Å²) in [6, 6.07) is 6.23. The summed E-state index contributed by atoms with van der Waals surface area (Å²) in [5.41, 5.74) is 0.764. The van der Waals surface area contributed by atoms with Crippen molar-refractivity contribution in [1.29, 1.82) is 0 Å². The van der Waals surface area contributed by atoms with Crippen molar-refractivity contribution in [3.63, 3.8) is 0 Å². The maximum Gasteiger partial charge on any atom is 0.490 e. The zero-order chi connectivity index (χ0) is 23.5. The number of likely N-dealkylation sites (tertiary alicyclic amines) is 1. The number of nitrogens with one attached hydrogen (secondary N) is 1. The summed E-state index contributed by atoms with van der Waals surface area (Å²) in [4.78, 5) is 24.2. The first-order valence-corrected chi connectivity index (χ1v) is 10.3. The van der Waals surface area contributed by atoms with Crippen LogP contribution < -0.4 is 14.8 Å². The number of carbonyl (C=O) groups excluding carboxylic acids is 1. The van der Waals surface area contributed by atoms with Gasteiger partial charge < -0.3 is 24.6 Å². The van der Waals surface area contributed by atoms with Gasteiger partial charge in [-0.05, 0) is 44.4 Å². The van der Waals surface area contributed by atoms with Crippen LogP contribution >= 0.6 is 0 Å². The summed E-state index contributed by atoms with van der Waals surface area (Å²) in [5.74, 6) is -1.00. The second-order valence-electron chi connectivity index (χ2n) is 8.38. The fraction of sp³-hybridized carbons (Fsp3) is 0.619. The van der Waals surface area contributed by atoms with Crippen molar-refractivity contribution in [1.82, 2.24) is 10.2 Å². The molecule has 0 aliphatic carbocycles. The van der Waals surface area contributed by atoms with E-state index in [9.17, 15) is 18.0 Å². The number of nitrogens with zero attached hydrogens (tertiary/aromatic N) is 1. The summed E-state index contributed by atoms with van der Waals surface area (Å²) in [6.07, 6.45) is -3.34. The molecule has 0 spiro atoms. The zero-order valence-corrected chi connectivity index (χ0v) is 17.9. The van der Waals surface area contributed by atoms with E-state index >= 15 is 0 Å². The highest BCUT2D eigenvalue weighted by molar-refractivity contribution is 5.84. The molecule has 2 atom stereocenters. The summed E-state index contributed by atoms with van der Waals surface area (Å²) >= 11 is 0. The van der Waals surface area contributed by atoms with E-state index in [2.05, 4.69) is 16.3 Å². The molecular weight excluding hydrogens is 433 g/mol. The predicted octanol–water partition coefficient (Wildman–Crippen LogP) is 2.55. The van der Waals surface area contributed by atoms with Crippen molar-refractivity contribution in [3.05, 3.63) is 23.8 Å². The maximum absolute atomic E-state index is 12.9. The lowest BCUT2D eigenvalue weighted by atomic mass is 9.75. The van der Waals surface area contributed by atoms with Gasteiger partial charge in [-0.1, -0.05) is 6.07 Å². The van der Waals surface area contributed by atoms with Gasteiger partial charge in [0, 0.05) is 32.3 Å². The van der Waals surface area contributed by atoms with Gasteiger partial charge in [0.25, 0.3) is 0 Å². The standard InChI is InChI=1S/C19H26N2O4.C2HF3O2/c1-13(2)20-18(22)19-6-8-23-17(19)5-7-21(11-19)10-14-3-4-15-16(9-14)25-12-24-15;3-2(4,5)1(6)7/h3-4,9,13,17H,5-8,10-12H2,1-2H3,(H,20,22);(H,6,7)/t17-,19-;/m1./s1. The first-order chi connectivity index (χ1) is 15.0. The molecule has 2 fully saturated rings. The van der Waals surface area contributed by atoms with Gasteiger partial charge in [-0.3, -0.25) is 9.69 Å². The van der Waals surface area contributed by atoms with E-state index in [0.29, 0.717) is 13.4 Å². The highest BCUT2D eigenvalue weighted by atomic mass is 19.4. The Labute approximate surface area is 183 Å². The second kappa shape index (κ2) is 9.53. The van der Waals surface area contributed by atoms with Crippen LogP contribution in [0.5, 0.6) is 11.5 Å². The monoisotopic (exact) mass is 460 g/mol. The van der Waals surface area contributed by atoms with Crippen LogP contribution in [0.1, 0.15) is 32.3 Å². The van der Waals surface area contributed by atoms with Crippen LogP contribution in [0.3, 0.4) is 0 Å². The second-order valence-corrected chi connectivity index (χ2v) is 8.38. The largest absolute Gasteiger partial charge is 0.490 e. The molecule has 1 amide bonds. The van der Waals surface area contributed by atoms with Crippen LogP contribution in [0.4, 0.5) is 13.2 Å². The molecule has 0 bridgehead atoms. The molecule has 0 saturated carbocycles. The molecule has 4 rings (SSSR count). The number of aliphatic carboxylic acids is 1. The minimum Gasteiger partial charge on any atom is -0.475 e. The number of benzene rings is 1. The molecule has 32 heavy (non-hydrogen) atoms. The number of rotatable bonds is 4. The Morgan fingerprint density at radius 2 is 1.97 bits per heavy atom. The Bertz CT molecular complexity index is 847. The highest BCUT2D eigenvalue weighted by Gasteiger charge is 2.53. The summed E-state index contributed by atoms with van der Waals surface area (Å²) < 4.78 is 48.5. The van der Waals surface area contributed by atoms with Gasteiger partial charge in [0.2, 0.25) is 12.7 Å². The third-order valence-electron chi connectivity index (χ3n) is 5.65. The van der Waals surface area contributed by atoms with Gasteiger partial charge in [-0.25, -0.2) is 4.79 Å². The lowest BCUT2D eigenvalue weighted by Gasteiger charge is -2.42. The van der Waals surface area contributed by atoms with Gasteiger partial charge >= 0.3 is 12.1 Å². The molecule has 8 nitrogen and oxygen atoms in total. The van der Waals surface area contributed by atoms with Crippen molar-refractivity contribution < 1.29 is 42.1 Å². The fourth-order valence-electron chi connectivity index (χ4n) is 4.19. The molecule has 0 aromatic heterocycles. The molecule has 3 aliphatic heterocycles. The van der Waals surface area contributed by atoms with Gasteiger partial charge in [-0.15, -0.1) is 0 Å². The van der Waals surface area contributed by atoms with Crippen LogP contribution in [0.15, 0.2) is 18.2 Å². The average molecular weight is 460 g/mol. The first kappa shape index (κ1) is 24.1. The number of amides is 1. The molecule has 3 aliphatic rings. The van der Waals surface area contributed by atoms with E-state index in [-0.39, 0.29) is 18.1 Å². The third-order valence-corrected chi connectivity index (χ3v) is 5.65. The Kier molecular flexibility index (Phi) is 7.19.